The lowest BCUT2D eigenvalue weighted by Crippen LogP contribution is -2.07. The first-order chi connectivity index (χ1) is 17.3. The van der Waals surface area contributed by atoms with Gasteiger partial charge in [-0.05, 0) is 23.6 Å². The van der Waals surface area contributed by atoms with Crippen LogP contribution < -0.4 is 0 Å². The van der Waals surface area contributed by atoms with Crippen LogP contribution in [0.25, 0.3) is 56.7 Å². The van der Waals surface area contributed by atoms with Crippen molar-refractivity contribution in [2.24, 2.45) is 0 Å². The molecule has 3 aromatic heterocycles. The molecule has 1 unspecified atom stereocenters. The minimum absolute atomic E-state index is 0.565. The van der Waals surface area contributed by atoms with Crippen LogP contribution in [0.3, 0.4) is 0 Å². The predicted molar refractivity (Wildman–Crippen MR) is 138 cm³/mol. The zero-order chi connectivity index (χ0) is 22.9. The maximum Gasteiger partial charge on any atom is 0.240 e. The Hall–Kier alpha value is -4.64. The van der Waals surface area contributed by atoms with Crippen LogP contribution in [-0.4, -0.2) is 24.5 Å². The van der Waals surface area contributed by atoms with Crippen LogP contribution in [0.5, 0.6) is 0 Å². The number of aromatic nitrogens is 5. The molecule has 3 aromatic carbocycles. The summed E-state index contributed by atoms with van der Waals surface area (Å²) >= 11 is 0. The Balaban J connectivity index is 1.46. The fourth-order valence-corrected chi connectivity index (χ4v) is 5.32. The molecule has 5 heteroatoms. The summed E-state index contributed by atoms with van der Waals surface area (Å²) in [6.45, 7) is 0. The van der Waals surface area contributed by atoms with E-state index in [9.17, 15) is 0 Å². The number of rotatable bonds is 3. The van der Waals surface area contributed by atoms with Crippen molar-refractivity contribution in [3.8, 4) is 28.7 Å². The summed E-state index contributed by atoms with van der Waals surface area (Å²) in [5.41, 5.74) is 8.00. The van der Waals surface area contributed by atoms with Gasteiger partial charge in [0.05, 0.1) is 5.52 Å². The lowest BCUT2D eigenvalue weighted by Gasteiger charge is -2.10. The highest BCUT2D eigenvalue weighted by Crippen LogP contribution is 2.56. The summed E-state index contributed by atoms with van der Waals surface area (Å²) in [6, 6.07) is 28.6. The van der Waals surface area contributed by atoms with Gasteiger partial charge < -0.3 is 0 Å². The SMILES string of the molecule is C1=C2CC2c2cnc3c(c21)c1ccccc1n3-c1nc(-c2ccccc2)nc(-c2ccccc2)n1. The van der Waals surface area contributed by atoms with Crippen LogP contribution >= 0.6 is 0 Å². The van der Waals surface area contributed by atoms with E-state index in [-0.39, 0.29) is 0 Å². The van der Waals surface area contributed by atoms with Gasteiger partial charge in [-0.15, -0.1) is 0 Å². The van der Waals surface area contributed by atoms with Crippen molar-refractivity contribution in [3.05, 3.63) is 108 Å². The molecule has 1 atom stereocenters. The van der Waals surface area contributed by atoms with Gasteiger partial charge in [0, 0.05) is 34.0 Å². The van der Waals surface area contributed by atoms with E-state index < -0.39 is 0 Å². The first-order valence-corrected chi connectivity index (χ1v) is 11.8. The summed E-state index contributed by atoms with van der Waals surface area (Å²) in [7, 11) is 0. The summed E-state index contributed by atoms with van der Waals surface area (Å²) in [6.07, 6.45) is 5.58. The molecular weight excluding hydrogens is 430 g/mol. The van der Waals surface area contributed by atoms with E-state index in [1.54, 1.807) is 0 Å². The Morgan fingerprint density at radius 1 is 0.714 bits per heavy atom. The number of para-hydroxylation sites is 1. The Morgan fingerprint density at radius 3 is 2.09 bits per heavy atom. The smallest absolute Gasteiger partial charge is 0.240 e. The highest BCUT2D eigenvalue weighted by atomic mass is 15.2. The van der Waals surface area contributed by atoms with Gasteiger partial charge >= 0.3 is 0 Å². The molecule has 0 N–H and O–H groups in total. The molecule has 2 aliphatic rings. The molecule has 8 rings (SSSR count). The van der Waals surface area contributed by atoms with E-state index in [4.69, 9.17) is 19.9 Å². The van der Waals surface area contributed by atoms with Crippen molar-refractivity contribution >= 4 is 28.0 Å². The third kappa shape index (κ3) is 2.75. The number of hydrogen-bond donors (Lipinski definition) is 0. The van der Waals surface area contributed by atoms with Crippen LogP contribution in [0.15, 0.2) is 96.7 Å². The Bertz CT molecular complexity index is 1760. The van der Waals surface area contributed by atoms with Gasteiger partial charge in [0.15, 0.2) is 11.6 Å². The molecule has 0 amide bonds. The number of fused-ring (bicyclic) bond motifs is 7. The third-order valence-electron chi connectivity index (χ3n) is 7.08. The van der Waals surface area contributed by atoms with Crippen LogP contribution in [-0.2, 0) is 0 Å². The minimum Gasteiger partial charge on any atom is -0.262 e. The van der Waals surface area contributed by atoms with Crippen molar-refractivity contribution in [1.29, 1.82) is 0 Å². The normalized spacial score (nSPS) is 15.8. The number of hydrogen-bond acceptors (Lipinski definition) is 4. The molecule has 1 saturated carbocycles. The Labute approximate surface area is 201 Å². The second kappa shape index (κ2) is 6.93. The molecule has 5 nitrogen and oxygen atoms in total. The number of nitrogens with zero attached hydrogens (tertiary/aromatic N) is 5. The standard InChI is InChI=1S/C30H19N5/c1-3-9-18(10-4-1)27-32-28(19-11-5-2-6-12-19)34-30(33-27)35-25-14-8-7-13-21(25)26-23-16-20-15-22(20)24(23)17-31-29(26)35/h1-14,16-17,22H,15H2. The zero-order valence-corrected chi connectivity index (χ0v) is 18.8. The Kier molecular flexibility index (Phi) is 3.71. The van der Waals surface area contributed by atoms with Crippen LogP contribution in [0.2, 0.25) is 0 Å². The molecule has 2 aliphatic carbocycles. The number of pyridine rings is 1. The molecule has 1 fully saturated rings. The topological polar surface area (TPSA) is 56.5 Å². The van der Waals surface area contributed by atoms with Gasteiger partial charge in [-0.3, -0.25) is 4.57 Å². The fraction of sp³-hybridized carbons (Fsp3) is 0.0667. The monoisotopic (exact) mass is 449 g/mol. The molecule has 0 bridgehead atoms. The molecule has 0 spiro atoms. The minimum atomic E-state index is 0.565. The highest BCUT2D eigenvalue weighted by Gasteiger charge is 2.39. The maximum absolute atomic E-state index is 4.98. The first kappa shape index (κ1) is 18.7. The molecule has 164 valence electrons. The highest BCUT2D eigenvalue weighted by molar-refractivity contribution is 6.12. The molecule has 0 saturated heterocycles. The molecular formula is C30H19N5. The van der Waals surface area contributed by atoms with E-state index in [0.29, 0.717) is 23.5 Å². The van der Waals surface area contributed by atoms with Crippen LogP contribution in [0, 0.1) is 0 Å². The quantitative estimate of drug-likeness (QED) is 0.306. The van der Waals surface area contributed by atoms with E-state index in [2.05, 4.69) is 34.9 Å². The molecule has 0 radical (unpaired) electrons. The van der Waals surface area contributed by atoms with Gasteiger partial charge in [0.2, 0.25) is 5.95 Å². The summed E-state index contributed by atoms with van der Waals surface area (Å²) in [4.78, 5) is 19.8. The average Bonchev–Trinajstić information content (AvgIpc) is 3.47. The van der Waals surface area contributed by atoms with E-state index in [0.717, 1.165) is 22.3 Å². The maximum atomic E-state index is 4.98. The van der Waals surface area contributed by atoms with Crippen molar-refractivity contribution < 1.29 is 0 Å². The van der Waals surface area contributed by atoms with Crippen molar-refractivity contribution in [2.75, 3.05) is 0 Å². The lowest BCUT2D eigenvalue weighted by molar-refractivity contribution is 0.942. The van der Waals surface area contributed by atoms with Crippen molar-refractivity contribution in [2.45, 2.75) is 12.3 Å². The van der Waals surface area contributed by atoms with E-state index in [1.165, 1.54) is 33.9 Å². The fourth-order valence-electron chi connectivity index (χ4n) is 5.32. The van der Waals surface area contributed by atoms with E-state index in [1.807, 2.05) is 66.9 Å². The molecule has 0 aliphatic heterocycles. The van der Waals surface area contributed by atoms with Crippen molar-refractivity contribution in [1.82, 2.24) is 24.5 Å². The van der Waals surface area contributed by atoms with Crippen LogP contribution in [0.4, 0.5) is 0 Å². The largest absolute Gasteiger partial charge is 0.262 e. The average molecular weight is 450 g/mol. The van der Waals surface area contributed by atoms with Gasteiger partial charge in [0.1, 0.15) is 5.65 Å². The number of benzene rings is 3. The lowest BCUT2D eigenvalue weighted by atomic mass is 10.0. The second-order valence-electron chi connectivity index (χ2n) is 9.17. The van der Waals surface area contributed by atoms with E-state index >= 15 is 0 Å². The summed E-state index contributed by atoms with van der Waals surface area (Å²) in [5.74, 6) is 2.43. The van der Waals surface area contributed by atoms with Gasteiger partial charge in [-0.2, -0.15) is 9.97 Å². The van der Waals surface area contributed by atoms with Crippen molar-refractivity contribution in [3.63, 3.8) is 0 Å². The van der Waals surface area contributed by atoms with Crippen LogP contribution in [0.1, 0.15) is 23.5 Å². The summed E-state index contributed by atoms with van der Waals surface area (Å²) in [5, 5.41) is 2.36. The zero-order valence-electron chi connectivity index (χ0n) is 18.8. The first-order valence-electron chi connectivity index (χ1n) is 11.8. The molecule has 35 heavy (non-hydrogen) atoms. The molecule has 6 aromatic rings. The molecule has 3 heterocycles. The van der Waals surface area contributed by atoms with Gasteiger partial charge in [-0.1, -0.05) is 90.5 Å². The predicted octanol–water partition coefficient (Wildman–Crippen LogP) is 6.58. The van der Waals surface area contributed by atoms with Gasteiger partial charge in [-0.25, -0.2) is 9.97 Å². The number of allylic oxidation sites excluding steroid dienone is 1. The third-order valence-corrected chi connectivity index (χ3v) is 7.08. The van der Waals surface area contributed by atoms with Gasteiger partial charge in [0.25, 0.3) is 0 Å². The Morgan fingerprint density at radius 2 is 1.37 bits per heavy atom. The summed E-state index contributed by atoms with van der Waals surface area (Å²) < 4.78 is 2.09. The second-order valence-corrected chi connectivity index (χ2v) is 9.17.